The summed E-state index contributed by atoms with van der Waals surface area (Å²) in [6.07, 6.45) is 4.74. The van der Waals surface area contributed by atoms with Gasteiger partial charge in [-0.1, -0.05) is 0 Å². The SMILES string of the molecule is Cc1nccn1CC1CCCC1(F)F. The third-order valence-corrected chi connectivity index (χ3v) is 3.00. The van der Waals surface area contributed by atoms with Gasteiger partial charge >= 0.3 is 0 Å². The number of aryl methyl sites for hydroxylation is 1. The average molecular weight is 200 g/mol. The van der Waals surface area contributed by atoms with E-state index in [9.17, 15) is 8.78 Å². The van der Waals surface area contributed by atoms with E-state index in [-0.39, 0.29) is 6.42 Å². The molecule has 1 aliphatic carbocycles. The standard InChI is InChI=1S/C10H14F2N2/c1-8-13-5-6-14(8)7-9-3-2-4-10(9,11)12/h5-6,9H,2-4,7H2,1H3. The van der Waals surface area contributed by atoms with Crippen LogP contribution in [0.1, 0.15) is 25.1 Å². The molecule has 1 atom stereocenters. The van der Waals surface area contributed by atoms with Gasteiger partial charge in [0.25, 0.3) is 5.92 Å². The zero-order valence-corrected chi connectivity index (χ0v) is 8.21. The maximum absolute atomic E-state index is 13.3. The molecule has 1 aromatic rings. The summed E-state index contributed by atoms with van der Waals surface area (Å²) in [5, 5.41) is 0. The van der Waals surface area contributed by atoms with E-state index in [1.165, 1.54) is 0 Å². The molecule has 0 aliphatic heterocycles. The van der Waals surface area contributed by atoms with Gasteiger partial charge in [0, 0.05) is 31.3 Å². The molecule has 2 rings (SSSR count). The van der Waals surface area contributed by atoms with Crippen molar-refractivity contribution < 1.29 is 8.78 Å². The van der Waals surface area contributed by atoms with Gasteiger partial charge in [-0.15, -0.1) is 0 Å². The lowest BCUT2D eigenvalue weighted by Gasteiger charge is -2.19. The first-order valence-corrected chi connectivity index (χ1v) is 4.95. The fraction of sp³-hybridized carbons (Fsp3) is 0.700. The minimum Gasteiger partial charge on any atom is -0.335 e. The molecule has 1 unspecified atom stereocenters. The van der Waals surface area contributed by atoms with Gasteiger partial charge in [-0.05, 0) is 19.8 Å². The topological polar surface area (TPSA) is 17.8 Å². The molecule has 0 spiro atoms. The Bertz CT molecular complexity index is 320. The summed E-state index contributed by atoms with van der Waals surface area (Å²) in [4.78, 5) is 4.02. The number of hydrogen-bond donors (Lipinski definition) is 0. The van der Waals surface area contributed by atoms with Crippen molar-refractivity contribution in [1.29, 1.82) is 0 Å². The van der Waals surface area contributed by atoms with Crippen LogP contribution in [-0.2, 0) is 6.54 Å². The van der Waals surface area contributed by atoms with Crippen LogP contribution in [0.25, 0.3) is 0 Å². The van der Waals surface area contributed by atoms with Crippen LogP contribution < -0.4 is 0 Å². The zero-order chi connectivity index (χ0) is 10.2. The van der Waals surface area contributed by atoms with Gasteiger partial charge in [0.2, 0.25) is 0 Å². The van der Waals surface area contributed by atoms with Crippen LogP contribution in [0.4, 0.5) is 8.78 Å². The van der Waals surface area contributed by atoms with Crippen LogP contribution in [-0.4, -0.2) is 15.5 Å². The number of imidazole rings is 1. The second-order valence-corrected chi connectivity index (χ2v) is 3.98. The summed E-state index contributed by atoms with van der Waals surface area (Å²) < 4.78 is 28.4. The second-order valence-electron chi connectivity index (χ2n) is 3.98. The number of rotatable bonds is 2. The smallest absolute Gasteiger partial charge is 0.252 e. The summed E-state index contributed by atoms with van der Waals surface area (Å²) in [5.74, 6) is -2.17. The van der Waals surface area contributed by atoms with E-state index in [0.717, 1.165) is 5.82 Å². The van der Waals surface area contributed by atoms with Gasteiger partial charge in [-0.25, -0.2) is 13.8 Å². The summed E-state index contributed by atoms with van der Waals surface area (Å²) in [6.45, 7) is 2.24. The minimum absolute atomic E-state index is 0.0470. The van der Waals surface area contributed by atoms with Crippen molar-refractivity contribution in [3.8, 4) is 0 Å². The highest BCUT2D eigenvalue weighted by Gasteiger charge is 2.43. The van der Waals surface area contributed by atoms with Crippen LogP contribution in [0.15, 0.2) is 12.4 Å². The zero-order valence-electron chi connectivity index (χ0n) is 8.21. The van der Waals surface area contributed by atoms with Crippen LogP contribution in [0.2, 0.25) is 0 Å². The van der Waals surface area contributed by atoms with Crippen LogP contribution >= 0.6 is 0 Å². The lowest BCUT2D eigenvalue weighted by Crippen LogP contribution is -2.26. The molecule has 0 amide bonds. The molecule has 78 valence electrons. The quantitative estimate of drug-likeness (QED) is 0.717. The molecule has 0 N–H and O–H groups in total. The molecule has 0 bridgehead atoms. The van der Waals surface area contributed by atoms with E-state index >= 15 is 0 Å². The molecule has 1 fully saturated rings. The molecule has 0 aromatic carbocycles. The summed E-state index contributed by atoms with van der Waals surface area (Å²) in [6, 6.07) is 0. The number of alkyl halides is 2. The average Bonchev–Trinajstić information content (AvgIpc) is 2.62. The van der Waals surface area contributed by atoms with Gasteiger partial charge in [0.1, 0.15) is 5.82 Å². The Hall–Kier alpha value is -0.930. The van der Waals surface area contributed by atoms with Gasteiger partial charge in [0.15, 0.2) is 0 Å². The third-order valence-electron chi connectivity index (χ3n) is 3.00. The summed E-state index contributed by atoms with van der Waals surface area (Å²) in [5.41, 5.74) is 0. The number of nitrogens with zero attached hydrogens (tertiary/aromatic N) is 2. The molecular weight excluding hydrogens is 186 g/mol. The Morgan fingerprint density at radius 1 is 1.64 bits per heavy atom. The first-order chi connectivity index (χ1) is 6.59. The van der Waals surface area contributed by atoms with E-state index in [4.69, 9.17) is 0 Å². The fourth-order valence-electron chi connectivity index (χ4n) is 2.06. The van der Waals surface area contributed by atoms with E-state index in [1.54, 1.807) is 12.4 Å². The van der Waals surface area contributed by atoms with Crippen molar-refractivity contribution in [1.82, 2.24) is 9.55 Å². The van der Waals surface area contributed by atoms with Crippen LogP contribution in [0.3, 0.4) is 0 Å². The van der Waals surface area contributed by atoms with Crippen LogP contribution in [0.5, 0.6) is 0 Å². The van der Waals surface area contributed by atoms with E-state index in [0.29, 0.717) is 19.4 Å². The van der Waals surface area contributed by atoms with Crippen molar-refractivity contribution >= 4 is 0 Å². The van der Waals surface area contributed by atoms with Crippen molar-refractivity contribution in [2.24, 2.45) is 5.92 Å². The molecule has 1 heterocycles. The Kier molecular flexibility index (Phi) is 2.29. The Labute approximate surface area is 82.0 Å². The maximum atomic E-state index is 13.3. The van der Waals surface area contributed by atoms with Crippen molar-refractivity contribution in [3.05, 3.63) is 18.2 Å². The van der Waals surface area contributed by atoms with E-state index in [2.05, 4.69) is 4.98 Å². The van der Waals surface area contributed by atoms with Gasteiger partial charge < -0.3 is 4.57 Å². The Morgan fingerprint density at radius 2 is 2.43 bits per heavy atom. The Morgan fingerprint density at radius 3 is 2.93 bits per heavy atom. The molecule has 2 nitrogen and oxygen atoms in total. The monoisotopic (exact) mass is 200 g/mol. The third kappa shape index (κ3) is 1.65. The molecule has 1 aromatic heterocycles. The van der Waals surface area contributed by atoms with E-state index < -0.39 is 11.8 Å². The number of hydrogen-bond acceptors (Lipinski definition) is 1. The van der Waals surface area contributed by atoms with Gasteiger partial charge in [-0.3, -0.25) is 0 Å². The molecule has 14 heavy (non-hydrogen) atoms. The highest BCUT2D eigenvalue weighted by Crippen LogP contribution is 2.41. The largest absolute Gasteiger partial charge is 0.335 e. The molecule has 1 saturated carbocycles. The minimum atomic E-state index is -2.48. The summed E-state index contributed by atoms with van der Waals surface area (Å²) >= 11 is 0. The van der Waals surface area contributed by atoms with Crippen molar-refractivity contribution in [3.63, 3.8) is 0 Å². The predicted molar refractivity (Wildman–Crippen MR) is 49.3 cm³/mol. The molecule has 1 aliphatic rings. The fourth-order valence-corrected chi connectivity index (χ4v) is 2.06. The first-order valence-electron chi connectivity index (χ1n) is 4.95. The van der Waals surface area contributed by atoms with Gasteiger partial charge in [-0.2, -0.15) is 0 Å². The summed E-state index contributed by atoms with van der Waals surface area (Å²) in [7, 11) is 0. The van der Waals surface area contributed by atoms with Gasteiger partial charge in [0.05, 0.1) is 0 Å². The lowest BCUT2D eigenvalue weighted by atomic mass is 10.1. The molecular formula is C10H14F2N2. The normalized spacial score (nSPS) is 25.5. The van der Waals surface area contributed by atoms with Crippen LogP contribution in [0, 0.1) is 12.8 Å². The molecule has 0 radical (unpaired) electrons. The molecule has 4 heteroatoms. The van der Waals surface area contributed by atoms with E-state index in [1.807, 2.05) is 11.5 Å². The Balaban J connectivity index is 2.08. The predicted octanol–water partition coefficient (Wildman–Crippen LogP) is 2.63. The maximum Gasteiger partial charge on any atom is 0.252 e. The number of aromatic nitrogens is 2. The molecule has 0 saturated heterocycles. The van der Waals surface area contributed by atoms with Crippen molar-refractivity contribution in [2.75, 3.05) is 0 Å². The number of halogens is 2. The second kappa shape index (κ2) is 3.33. The highest BCUT2D eigenvalue weighted by molar-refractivity contribution is 4.92. The first kappa shape index (κ1) is 9.62. The highest BCUT2D eigenvalue weighted by atomic mass is 19.3. The lowest BCUT2D eigenvalue weighted by molar-refractivity contribution is -0.0423. The van der Waals surface area contributed by atoms with Crippen molar-refractivity contribution in [2.45, 2.75) is 38.7 Å².